The summed E-state index contributed by atoms with van der Waals surface area (Å²) in [6.07, 6.45) is 2.74. The molecule has 0 aliphatic carbocycles. The molecule has 0 aromatic carbocycles. The van der Waals surface area contributed by atoms with E-state index in [0.717, 1.165) is 6.20 Å². The topological polar surface area (TPSA) is 85.1 Å². The Hall–Kier alpha value is -1.21. The van der Waals surface area contributed by atoms with Gasteiger partial charge in [0, 0.05) is 34.9 Å². The molecule has 1 heterocycles. The Labute approximate surface area is 106 Å². The van der Waals surface area contributed by atoms with Gasteiger partial charge in [0.15, 0.2) is 0 Å². The molecule has 1 aromatic rings. The first-order valence-electron chi connectivity index (χ1n) is 4.78. The average molecular weight is 278 g/mol. The van der Waals surface area contributed by atoms with Crippen LogP contribution in [0.25, 0.3) is 0 Å². The van der Waals surface area contributed by atoms with Gasteiger partial charge in [-0.2, -0.15) is 0 Å². The smallest absolute Gasteiger partial charge is 0.289 e. The lowest BCUT2D eigenvalue weighted by atomic mass is 10.4. The van der Waals surface area contributed by atoms with Gasteiger partial charge >= 0.3 is 0 Å². The van der Waals surface area contributed by atoms with Crippen LogP contribution in [-0.4, -0.2) is 32.2 Å². The third kappa shape index (κ3) is 3.94. The Balaban J connectivity index is 2.73. The lowest BCUT2D eigenvalue weighted by molar-refractivity contribution is -0.385. The molecule has 8 heteroatoms. The molecule has 0 aliphatic rings. The Morgan fingerprint density at radius 1 is 1.71 bits per heavy atom. The summed E-state index contributed by atoms with van der Waals surface area (Å²) in [5.41, 5.74) is -0.160. The Morgan fingerprint density at radius 2 is 2.35 bits per heavy atom. The second-order valence-corrected chi connectivity index (χ2v) is 5.68. The van der Waals surface area contributed by atoms with Crippen LogP contribution < -0.4 is 5.32 Å². The van der Waals surface area contributed by atoms with Gasteiger partial charge in [0.05, 0.1) is 9.95 Å². The van der Waals surface area contributed by atoms with Crippen LogP contribution in [0.3, 0.4) is 0 Å². The minimum Gasteiger partial charge on any atom is -0.368 e. The second kappa shape index (κ2) is 5.92. The molecule has 2 atom stereocenters. The van der Waals surface area contributed by atoms with Gasteiger partial charge in [0.1, 0.15) is 12.0 Å². The third-order valence-electron chi connectivity index (χ3n) is 2.16. The minimum atomic E-state index is -0.944. The zero-order valence-corrected chi connectivity index (χ0v) is 10.9. The number of anilines is 1. The van der Waals surface area contributed by atoms with Gasteiger partial charge in [0.2, 0.25) is 0 Å². The molecule has 0 saturated carbocycles. The Bertz CT molecular complexity index is 455. The standard InChI is InChI=1S/C9H12ClN3O3S/c1-6(17(2)16)4-11-9-8(10)3-7(5-12-9)13(14)15/h3,5-6H,4H2,1-2H3,(H,11,12). The van der Waals surface area contributed by atoms with E-state index in [0.29, 0.717) is 12.4 Å². The molecule has 1 aromatic heterocycles. The molecule has 1 N–H and O–H groups in total. The van der Waals surface area contributed by atoms with Crippen molar-refractivity contribution in [2.45, 2.75) is 12.2 Å². The Kier molecular flexibility index (Phi) is 4.83. The first-order valence-corrected chi connectivity index (χ1v) is 6.77. The fraction of sp³-hybridized carbons (Fsp3) is 0.444. The highest BCUT2D eigenvalue weighted by atomic mass is 35.5. The van der Waals surface area contributed by atoms with Crippen molar-refractivity contribution < 1.29 is 9.13 Å². The van der Waals surface area contributed by atoms with Crippen LogP contribution in [0.5, 0.6) is 0 Å². The van der Waals surface area contributed by atoms with Gasteiger partial charge in [-0.25, -0.2) is 4.98 Å². The SMILES string of the molecule is CC(CNc1ncc([N+](=O)[O-])cc1Cl)S(C)=O. The molecule has 0 spiro atoms. The van der Waals surface area contributed by atoms with Gasteiger partial charge in [0.25, 0.3) is 5.69 Å². The molecule has 1 rings (SSSR count). The number of hydrogen-bond donors (Lipinski definition) is 1. The third-order valence-corrected chi connectivity index (χ3v) is 3.75. The summed E-state index contributed by atoms with van der Waals surface area (Å²) in [6, 6.07) is 1.23. The molecular formula is C9H12ClN3O3S. The molecule has 0 saturated heterocycles. The van der Waals surface area contributed by atoms with Gasteiger partial charge in [-0.05, 0) is 6.92 Å². The van der Waals surface area contributed by atoms with E-state index in [4.69, 9.17) is 11.6 Å². The second-order valence-electron chi connectivity index (χ2n) is 3.47. The molecule has 0 bridgehead atoms. The first-order chi connectivity index (χ1) is 7.91. The molecular weight excluding hydrogens is 266 g/mol. The molecule has 17 heavy (non-hydrogen) atoms. The van der Waals surface area contributed by atoms with Crippen LogP contribution in [0.15, 0.2) is 12.3 Å². The van der Waals surface area contributed by atoms with Crippen LogP contribution in [0, 0.1) is 10.1 Å². The largest absolute Gasteiger partial charge is 0.368 e. The maximum Gasteiger partial charge on any atom is 0.289 e. The maximum atomic E-state index is 11.1. The zero-order valence-electron chi connectivity index (χ0n) is 9.34. The van der Waals surface area contributed by atoms with E-state index in [-0.39, 0.29) is 16.0 Å². The highest BCUT2D eigenvalue weighted by molar-refractivity contribution is 7.84. The summed E-state index contributed by atoms with van der Waals surface area (Å²) >= 11 is 5.83. The summed E-state index contributed by atoms with van der Waals surface area (Å²) in [7, 11) is -0.944. The lowest BCUT2D eigenvalue weighted by Gasteiger charge is -2.11. The van der Waals surface area contributed by atoms with Crippen molar-refractivity contribution in [3.63, 3.8) is 0 Å². The fourth-order valence-electron chi connectivity index (χ4n) is 1.02. The van der Waals surface area contributed by atoms with Crippen molar-refractivity contribution in [3.8, 4) is 0 Å². The average Bonchev–Trinajstić information content (AvgIpc) is 2.26. The highest BCUT2D eigenvalue weighted by Crippen LogP contribution is 2.23. The molecule has 6 nitrogen and oxygen atoms in total. The van der Waals surface area contributed by atoms with Gasteiger partial charge in [-0.15, -0.1) is 0 Å². The van der Waals surface area contributed by atoms with Crippen molar-refractivity contribution in [2.75, 3.05) is 18.1 Å². The van der Waals surface area contributed by atoms with Crippen molar-refractivity contribution in [3.05, 3.63) is 27.4 Å². The molecule has 0 radical (unpaired) electrons. The van der Waals surface area contributed by atoms with E-state index in [9.17, 15) is 14.3 Å². The fourth-order valence-corrected chi connectivity index (χ4v) is 1.56. The van der Waals surface area contributed by atoms with Gasteiger partial charge < -0.3 is 5.32 Å². The predicted molar refractivity (Wildman–Crippen MR) is 67.9 cm³/mol. The van der Waals surface area contributed by atoms with Crippen molar-refractivity contribution in [2.24, 2.45) is 0 Å². The number of hydrogen-bond acceptors (Lipinski definition) is 5. The van der Waals surface area contributed by atoms with Crippen LogP contribution in [0.1, 0.15) is 6.92 Å². The summed E-state index contributed by atoms with van der Waals surface area (Å²) in [6.45, 7) is 2.26. The molecule has 0 fully saturated rings. The maximum absolute atomic E-state index is 11.1. The lowest BCUT2D eigenvalue weighted by Crippen LogP contribution is -2.21. The summed E-state index contributed by atoms with van der Waals surface area (Å²) < 4.78 is 11.1. The van der Waals surface area contributed by atoms with Gasteiger partial charge in [-0.3, -0.25) is 14.3 Å². The normalized spacial score (nSPS) is 14.1. The molecule has 0 amide bonds. The predicted octanol–water partition coefficient (Wildman–Crippen LogP) is 1.82. The Morgan fingerprint density at radius 3 is 2.82 bits per heavy atom. The van der Waals surface area contributed by atoms with Crippen LogP contribution >= 0.6 is 11.6 Å². The van der Waals surface area contributed by atoms with E-state index in [2.05, 4.69) is 10.3 Å². The summed E-state index contributed by atoms with van der Waals surface area (Å²) in [5.74, 6) is 0.356. The van der Waals surface area contributed by atoms with Crippen LogP contribution in [0.2, 0.25) is 5.02 Å². The van der Waals surface area contributed by atoms with E-state index in [1.807, 2.05) is 6.92 Å². The van der Waals surface area contributed by atoms with E-state index in [1.165, 1.54) is 6.07 Å². The number of aromatic nitrogens is 1. The number of nitrogens with zero attached hydrogens (tertiary/aromatic N) is 2. The molecule has 2 unspecified atom stereocenters. The summed E-state index contributed by atoms with van der Waals surface area (Å²) in [5, 5.41) is 13.5. The quantitative estimate of drug-likeness (QED) is 0.655. The van der Waals surface area contributed by atoms with Crippen molar-refractivity contribution in [1.82, 2.24) is 4.98 Å². The number of nitro groups is 1. The van der Waals surface area contributed by atoms with Crippen molar-refractivity contribution in [1.29, 1.82) is 0 Å². The van der Waals surface area contributed by atoms with Crippen molar-refractivity contribution >= 4 is 33.9 Å². The zero-order chi connectivity index (χ0) is 13.0. The monoisotopic (exact) mass is 277 g/mol. The molecule has 94 valence electrons. The van der Waals surface area contributed by atoms with Crippen LogP contribution in [-0.2, 0) is 10.8 Å². The van der Waals surface area contributed by atoms with E-state index >= 15 is 0 Å². The number of pyridine rings is 1. The highest BCUT2D eigenvalue weighted by Gasteiger charge is 2.12. The van der Waals surface area contributed by atoms with Crippen LogP contribution in [0.4, 0.5) is 11.5 Å². The summed E-state index contributed by atoms with van der Waals surface area (Å²) in [4.78, 5) is 13.8. The van der Waals surface area contributed by atoms with Gasteiger partial charge in [-0.1, -0.05) is 11.6 Å². The number of nitrogens with one attached hydrogen (secondary N) is 1. The van der Waals surface area contributed by atoms with E-state index in [1.54, 1.807) is 6.26 Å². The number of halogens is 1. The first kappa shape index (κ1) is 13.9. The number of rotatable bonds is 5. The minimum absolute atomic E-state index is 0.0527. The molecule has 0 aliphatic heterocycles. The van der Waals surface area contributed by atoms with E-state index < -0.39 is 15.7 Å².